The molecule has 164 valence electrons. The van der Waals surface area contributed by atoms with Crippen molar-refractivity contribution in [1.29, 1.82) is 0 Å². The lowest BCUT2D eigenvalue weighted by Crippen LogP contribution is -2.35. The minimum Gasteiger partial charge on any atom is -0.491 e. The van der Waals surface area contributed by atoms with Crippen LogP contribution in [-0.4, -0.2) is 30.4 Å². The van der Waals surface area contributed by atoms with Gasteiger partial charge in [-0.05, 0) is 23.3 Å². The molecule has 0 aromatic heterocycles. The van der Waals surface area contributed by atoms with Gasteiger partial charge in [-0.15, -0.1) is 0 Å². The fourth-order valence-corrected chi connectivity index (χ4v) is 2.90. The Morgan fingerprint density at radius 2 is 1.32 bits per heavy atom. The maximum atomic E-state index is 10.1. The number of nitrogens with one attached hydrogen (secondary N) is 1. The van der Waals surface area contributed by atoms with Gasteiger partial charge in [-0.3, -0.25) is 0 Å². The highest BCUT2D eigenvalue weighted by atomic mass is 16.5. The molecule has 0 heterocycles. The van der Waals surface area contributed by atoms with Gasteiger partial charge in [0, 0.05) is 18.7 Å². The van der Waals surface area contributed by atoms with Crippen LogP contribution in [0.3, 0.4) is 0 Å². The Labute approximate surface area is 184 Å². The van der Waals surface area contributed by atoms with Crippen molar-refractivity contribution in [1.82, 2.24) is 5.32 Å². The van der Waals surface area contributed by atoms with Crippen molar-refractivity contribution in [2.75, 3.05) is 13.2 Å². The molecule has 5 heteroatoms. The van der Waals surface area contributed by atoms with Crippen molar-refractivity contribution >= 4 is 0 Å². The summed E-state index contributed by atoms with van der Waals surface area (Å²) < 4.78 is 17.9. The number of rotatable bonds is 12. The van der Waals surface area contributed by atoms with Crippen LogP contribution in [0.25, 0.3) is 0 Å². The normalized spacial score (nSPS) is 11.9. The van der Waals surface area contributed by atoms with Gasteiger partial charge in [0.2, 0.25) is 0 Å². The average molecular weight is 422 g/mol. The van der Waals surface area contributed by atoms with Crippen LogP contribution in [0.2, 0.25) is 0 Å². The molecule has 0 spiro atoms. The molecule has 0 saturated carbocycles. The second-order valence-electron chi connectivity index (χ2n) is 7.68. The highest BCUT2D eigenvalue weighted by Crippen LogP contribution is 2.33. The lowest BCUT2D eigenvalue weighted by Gasteiger charge is -2.17. The van der Waals surface area contributed by atoms with Crippen LogP contribution in [-0.2, 0) is 13.2 Å². The van der Waals surface area contributed by atoms with Crippen molar-refractivity contribution in [3.63, 3.8) is 0 Å². The predicted molar refractivity (Wildman–Crippen MR) is 123 cm³/mol. The fraction of sp³-hybridized carbons (Fsp3) is 0.308. The number of hydrogen-bond donors (Lipinski definition) is 2. The zero-order valence-electron chi connectivity index (χ0n) is 18.2. The molecule has 3 aromatic rings. The summed E-state index contributed by atoms with van der Waals surface area (Å²) in [4.78, 5) is 0. The minimum absolute atomic E-state index is 0.196. The van der Waals surface area contributed by atoms with Crippen LogP contribution in [0.5, 0.6) is 17.2 Å². The second kappa shape index (κ2) is 12.0. The van der Waals surface area contributed by atoms with E-state index in [1.165, 1.54) is 0 Å². The molecule has 3 rings (SSSR count). The minimum atomic E-state index is -0.593. The molecule has 0 amide bonds. The summed E-state index contributed by atoms with van der Waals surface area (Å²) in [6.07, 6.45) is -0.593. The molecule has 0 radical (unpaired) electrons. The van der Waals surface area contributed by atoms with E-state index in [2.05, 4.69) is 5.32 Å². The number of benzene rings is 3. The first-order valence-corrected chi connectivity index (χ1v) is 10.6. The number of aliphatic hydroxyl groups excluding tert-OH is 1. The van der Waals surface area contributed by atoms with E-state index in [0.29, 0.717) is 43.0 Å². The standard InChI is InChI=1S/C26H31NO4/c1-20(2)27-16-23(28)19-29-24-13-14-25(30-17-21-9-5-3-6-10-21)26(15-24)31-18-22-11-7-4-8-12-22/h3-15,20,23,27-28H,16-19H2,1-2H3. The van der Waals surface area contributed by atoms with Gasteiger partial charge in [0.05, 0.1) is 0 Å². The van der Waals surface area contributed by atoms with Gasteiger partial charge in [0.25, 0.3) is 0 Å². The molecule has 0 aliphatic rings. The largest absolute Gasteiger partial charge is 0.491 e. The number of aliphatic hydroxyl groups is 1. The molecule has 0 fully saturated rings. The number of ether oxygens (including phenoxy) is 3. The van der Waals surface area contributed by atoms with E-state index in [-0.39, 0.29) is 6.61 Å². The SMILES string of the molecule is CC(C)NCC(O)COc1ccc(OCc2ccccc2)c(OCc2ccccc2)c1. The molecular formula is C26H31NO4. The van der Waals surface area contributed by atoms with E-state index >= 15 is 0 Å². The zero-order chi connectivity index (χ0) is 21.9. The molecule has 5 nitrogen and oxygen atoms in total. The van der Waals surface area contributed by atoms with E-state index in [4.69, 9.17) is 14.2 Å². The predicted octanol–water partition coefficient (Wildman–Crippen LogP) is 4.58. The van der Waals surface area contributed by atoms with Gasteiger partial charge in [0.15, 0.2) is 11.5 Å². The molecule has 0 bridgehead atoms. The first-order valence-electron chi connectivity index (χ1n) is 10.6. The van der Waals surface area contributed by atoms with E-state index in [9.17, 15) is 5.11 Å². The van der Waals surface area contributed by atoms with Gasteiger partial charge in [-0.2, -0.15) is 0 Å². The van der Waals surface area contributed by atoms with Crippen LogP contribution in [0.1, 0.15) is 25.0 Å². The average Bonchev–Trinajstić information content (AvgIpc) is 2.80. The summed E-state index contributed by atoms with van der Waals surface area (Å²) in [5.74, 6) is 1.87. The fourth-order valence-electron chi connectivity index (χ4n) is 2.90. The van der Waals surface area contributed by atoms with Crippen LogP contribution < -0.4 is 19.5 Å². The molecule has 0 aliphatic carbocycles. The summed E-state index contributed by atoms with van der Waals surface area (Å²) in [6, 6.07) is 25.8. The van der Waals surface area contributed by atoms with Crippen molar-refractivity contribution in [2.24, 2.45) is 0 Å². The third-order valence-corrected chi connectivity index (χ3v) is 4.59. The van der Waals surface area contributed by atoms with Crippen LogP contribution >= 0.6 is 0 Å². The summed E-state index contributed by atoms with van der Waals surface area (Å²) in [5, 5.41) is 13.3. The molecule has 2 N–H and O–H groups in total. The van der Waals surface area contributed by atoms with Crippen LogP contribution in [0, 0.1) is 0 Å². The second-order valence-corrected chi connectivity index (χ2v) is 7.68. The molecular weight excluding hydrogens is 390 g/mol. The maximum Gasteiger partial charge on any atom is 0.165 e. The van der Waals surface area contributed by atoms with Crippen molar-refractivity contribution in [2.45, 2.75) is 39.2 Å². The Kier molecular flexibility index (Phi) is 8.76. The Morgan fingerprint density at radius 3 is 1.90 bits per heavy atom. The lowest BCUT2D eigenvalue weighted by molar-refractivity contribution is 0.104. The summed E-state index contributed by atoms with van der Waals surface area (Å²) in [5.41, 5.74) is 2.15. The molecule has 1 atom stereocenters. The molecule has 0 saturated heterocycles. The van der Waals surface area contributed by atoms with Crippen LogP contribution in [0.4, 0.5) is 0 Å². The van der Waals surface area contributed by atoms with E-state index in [0.717, 1.165) is 11.1 Å². The molecule has 1 unspecified atom stereocenters. The monoisotopic (exact) mass is 421 g/mol. The molecule has 31 heavy (non-hydrogen) atoms. The van der Waals surface area contributed by atoms with Gasteiger partial charge in [-0.25, -0.2) is 0 Å². The van der Waals surface area contributed by atoms with E-state index in [1.54, 1.807) is 0 Å². The van der Waals surface area contributed by atoms with E-state index in [1.807, 2.05) is 92.7 Å². The Balaban J connectivity index is 1.66. The van der Waals surface area contributed by atoms with E-state index < -0.39 is 6.10 Å². The Hall–Kier alpha value is -3.02. The third kappa shape index (κ3) is 7.96. The van der Waals surface area contributed by atoms with Crippen molar-refractivity contribution in [3.05, 3.63) is 90.0 Å². The quantitative estimate of drug-likeness (QED) is 0.448. The Morgan fingerprint density at radius 1 is 0.742 bits per heavy atom. The van der Waals surface area contributed by atoms with Crippen molar-refractivity contribution in [3.8, 4) is 17.2 Å². The zero-order valence-corrected chi connectivity index (χ0v) is 18.2. The van der Waals surface area contributed by atoms with Crippen molar-refractivity contribution < 1.29 is 19.3 Å². The molecule has 3 aromatic carbocycles. The molecule has 0 aliphatic heterocycles. The lowest BCUT2D eigenvalue weighted by atomic mass is 10.2. The third-order valence-electron chi connectivity index (χ3n) is 4.59. The Bertz CT molecular complexity index is 900. The van der Waals surface area contributed by atoms with Crippen LogP contribution in [0.15, 0.2) is 78.9 Å². The summed E-state index contributed by atoms with van der Waals surface area (Å²) in [7, 11) is 0. The summed E-state index contributed by atoms with van der Waals surface area (Å²) in [6.45, 7) is 5.63. The van der Waals surface area contributed by atoms with Gasteiger partial charge in [-0.1, -0.05) is 74.5 Å². The summed E-state index contributed by atoms with van der Waals surface area (Å²) >= 11 is 0. The topological polar surface area (TPSA) is 60.0 Å². The smallest absolute Gasteiger partial charge is 0.165 e. The van der Waals surface area contributed by atoms with Gasteiger partial charge >= 0.3 is 0 Å². The van der Waals surface area contributed by atoms with Gasteiger partial charge < -0.3 is 24.6 Å². The van der Waals surface area contributed by atoms with Gasteiger partial charge in [0.1, 0.15) is 31.7 Å². The first-order chi connectivity index (χ1) is 15.1. The first kappa shape index (κ1) is 22.7. The maximum absolute atomic E-state index is 10.1. The highest BCUT2D eigenvalue weighted by Gasteiger charge is 2.11. The highest BCUT2D eigenvalue weighted by molar-refractivity contribution is 5.46. The number of hydrogen-bond acceptors (Lipinski definition) is 5.